The Balaban J connectivity index is 1.94. The summed E-state index contributed by atoms with van der Waals surface area (Å²) in [6.07, 6.45) is 2.72. The highest BCUT2D eigenvalue weighted by Gasteiger charge is 2.12. The fourth-order valence-corrected chi connectivity index (χ4v) is 2.93. The monoisotopic (exact) mass is 311 g/mol. The molecule has 1 aliphatic heterocycles. The molecule has 1 saturated heterocycles. The number of nitrogens with two attached hydrogens (primary N) is 1. The Kier molecular flexibility index (Phi) is 5.03. The molecule has 3 nitrogen and oxygen atoms in total. The SMILES string of the molecule is CN(CCN1CCCC1)c1cc(Br)cc(CN)c1. The zero-order valence-electron chi connectivity index (χ0n) is 11.0. The summed E-state index contributed by atoms with van der Waals surface area (Å²) < 4.78 is 1.11. The molecule has 1 aliphatic rings. The lowest BCUT2D eigenvalue weighted by Gasteiger charge is -2.23. The molecule has 1 aromatic rings. The molecule has 18 heavy (non-hydrogen) atoms. The van der Waals surface area contributed by atoms with Gasteiger partial charge in [0.1, 0.15) is 0 Å². The van der Waals surface area contributed by atoms with E-state index in [1.54, 1.807) is 0 Å². The Morgan fingerprint density at radius 3 is 2.67 bits per heavy atom. The summed E-state index contributed by atoms with van der Waals surface area (Å²) in [4.78, 5) is 4.85. The van der Waals surface area contributed by atoms with Gasteiger partial charge in [0.15, 0.2) is 0 Å². The third-order valence-electron chi connectivity index (χ3n) is 3.57. The molecule has 2 N–H and O–H groups in total. The fraction of sp³-hybridized carbons (Fsp3) is 0.571. The lowest BCUT2D eigenvalue weighted by Crippen LogP contribution is -2.31. The molecule has 0 amide bonds. The minimum absolute atomic E-state index is 0.590. The van der Waals surface area contributed by atoms with Crippen LogP contribution in [-0.2, 0) is 6.54 Å². The molecule has 100 valence electrons. The van der Waals surface area contributed by atoms with E-state index in [1.807, 2.05) is 0 Å². The van der Waals surface area contributed by atoms with Crippen LogP contribution in [-0.4, -0.2) is 38.1 Å². The van der Waals surface area contributed by atoms with Crippen molar-refractivity contribution in [1.29, 1.82) is 0 Å². The van der Waals surface area contributed by atoms with Gasteiger partial charge in [-0.3, -0.25) is 0 Å². The highest BCUT2D eigenvalue weighted by Crippen LogP contribution is 2.22. The second-order valence-corrected chi connectivity index (χ2v) is 5.91. The number of likely N-dealkylation sites (N-methyl/N-ethyl adjacent to an activating group) is 1. The van der Waals surface area contributed by atoms with Crippen LogP contribution in [0.4, 0.5) is 5.69 Å². The largest absolute Gasteiger partial charge is 0.373 e. The lowest BCUT2D eigenvalue weighted by atomic mass is 10.2. The van der Waals surface area contributed by atoms with Crippen LogP contribution in [0.2, 0.25) is 0 Å². The molecular formula is C14H22BrN3. The summed E-state index contributed by atoms with van der Waals surface area (Å²) in [7, 11) is 2.15. The van der Waals surface area contributed by atoms with E-state index >= 15 is 0 Å². The predicted molar refractivity (Wildman–Crippen MR) is 81.0 cm³/mol. The maximum atomic E-state index is 5.71. The van der Waals surface area contributed by atoms with E-state index in [-0.39, 0.29) is 0 Å². The first-order chi connectivity index (χ1) is 8.69. The van der Waals surface area contributed by atoms with Crippen LogP contribution in [0.5, 0.6) is 0 Å². The van der Waals surface area contributed by atoms with Crippen LogP contribution in [0.25, 0.3) is 0 Å². The second kappa shape index (κ2) is 6.55. The summed E-state index contributed by atoms with van der Waals surface area (Å²) in [5, 5.41) is 0. The van der Waals surface area contributed by atoms with Crippen LogP contribution < -0.4 is 10.6 Å². The zero-order valence-corrected chi connectivity index (χ0v) is 12.6. The van der Waals surface area contributed by atoms with Crippen molar-refractivity contribution in [3.63, 3.8) is 0 Å². The number of hydrogen-bond donors (Lipinski definition) is 1. The van der Waals surface area contributed by atoms with Crippen molar-refractivity contribution in [3.05, 3.63) is 28.2 Å². The zero-order chi connectivity index (χ0) is 13.0. The van der Waals surface area contributed by atoms with Crippen molar-refractivity contribution < 1.29 is 0 Å². The molecule has 0 spiro atoms. The number of benzene rings is 1. The number of hydrogen-bond acceptors (Lipinski definition) is 3. The molecule has 0 saturated carbocycles. The average Bonchev–Trinajstić information content (AvgIpc) is 2.88. The van der Waals surface area contributed by atoms with Gasteiger partial charge in [0.05, 0.1) is 0 Å². The number of nitrogens with zero attached hydrogens (tertiary/aromatic N) is 2. The van der Waals surface area contributed by atoms with Gasteiger partial charge in [0, 0.05) is 36.8 Å². The molecule has 1 fully saturated rings. The van der Waals surface area contributed by atoms with Gasteiger partial charge in [0.2, 0.25) is 0 Å². The fourth-order valence-electron chi connectivity index (χ4n) is 2.40. The van der Waals surface area contributed by atoms with E-state index in [0.29, 0.717) is 6.54 Å². The lowest BCUT2D eigenvalue weighted by molar-refractivity contribution is 0.346. The minimum Gasteiger partial charge on any atom is -0.373 e. The summed E-state index contributed by atoms with van der Waals surface area (Å²) in [6, 6.07) is 6.41. The van der Waals surface area contributed by atoms with Crippen molar-refractivity contribution in [2.75, 3.05) is 38.1 Å². The highest BCUT2D eigenvalue weighted by molar-refractivity contribution is 9.10. The topological polar surface area (TPSA) is 32.5 Å². The maximum absolute atomic E-state index is 5.71. The Morgan fingerprint density at radius 1 is 1.28 bits per heavy atom. The first-order valence-corrected chi connectivity index (χ1v) is 7.41. The third-order valence-corrected chi connectivity index (χ3v) is 4.03. The van der Waals surface area contributed by atoms with Crippen LogP contribution >= 0.6 is 15.9 Å². The number of halogens is 1. The normalized spacial score (nSPS) is 16.2. The summed E-state index contributed by atoms with van der Waals surface area (Å²) in [6.45, 7) is 5.34. The van der Waals surface area contributed by atoms with Crippen molar-refractivity contribution in [1.82, 2.24) is 4.90 Å². The van der Waals surface area contributed by atoms with Crippen LogP contribution in [0, 0.1) is 0 Å². The standard InChI is InChI=1S/C14H22BrN3/c1-17(6-7-18-4-2-3-5-18)14-9-12(11-16)8-13(15)10-14/h8-10H,2-7,11,16H2,1H3. The molecule has 0 atom stereocenters. The first kappa shape index (κ1) is 13.8. The molecule has 2 rings (SSSR count). The minimum atomic E-state index is 0.590. The average molecular weight is 312 g/mol. The van der Waals surface area contributed by atoms with Crippen molar-refractivity contribution in [2.45, 2.75) is 19.4 Å². The van der Waals surface area contributed by atoms with E-state index < -0.39 is 0 Å². The van der Waals surface area contributed by atoms with Gasteiger partial charge in [0.25, 0.3) is 0 Å². The van der Waals surface area contributed by atoms with Crippen molar-refractivity contribution in [3.8, 4) is 0 Å². The summed E-state index contributed by atoms with van der Waals surface area (Å²) in [5.41, 5.74) is 8.13. The van der Waals surface area contributed by atoms with Gasteiger partial charge in [-0.15, -0.1) is 0 Å². The molecule has 0 radical (unpaired) electrons. The van der Waals surface area contributed by atoms with E-state index in [2.05, 4.69) is 51.0 Å². The van der Waals surface area contributed by atoms with Gasteiger partial charge >= 0.3 is 0 Å². The van der Waals surface area contributed by atoms with E-state index in [0.717, 1.165) is 17.6 Å². The smallest absolute Gasteiger partial charge is 0.0378 e. The Hall–Kier alpha value is -0.580. The third kappa shape index (κ3) is 3.70. The quantitative estimate of drug-likeness (QED) is 0.906. The Bertz CT molecular complexity index is 389. The molecule has 1 aromatic carbocycles. The van der Waals surface area contributed by atoms with Gasteiger partial charge < -0.3 is 15.5 Å². The first-order valence-electron chi connectivity index (χ1n) is 6.62. The Morgan fingerprint density at radius 2 is 2.00 bits per heavy atom. The molecule has 4 heteroatoms. The number of rotatable bonds is 5. The summed E-state index contributed by atoms with van der Waals surface area (Å²) in [5.74, 6) is 0. The van der Waals surface area contributed by atoms with Gasteiger partial charge in [-0.1, -0.05) is 15.9 Å². The van der Waals surface area contributed by atoms with Crippen molar-refractivity contribution >= 4 is 21.6 Å². The maximum Gasteiger partial charge on any atom is 0.0378 e. The number of likely N-dealkylation sites (tertiary alicyclic amines) is 1. The molecule has 0 aliphatic carbocycles. The molecule has 0 unspecified atom stereocenters. The number of anilines is 1. The van der Waals surface area contributed by atoms with E-state index in [9.17, 15) is 0 Å². The Labute approximate surface area is 118 Å². The van der Waals surface area contributed by atoms with Crippen LogP contribution in [0.3, 0.4) is 0 Å². The van der Waals surface area contributed by atoms with Gasteiger partial charge in [-0.25, -0.2) is 0 Å². The highest BCUT2D eigenvalue weighted by atomic mass is 79.9. The molecule has 0 aromatic heterocycles. The summed E-state index contributed by atoms with van der Waals surface area (Å²) >= 11 is 3.55. The van der Waals surface area contributed by atoms with Crippen molar-refractivity contribution in [2.24, 2.45) is 5.73 Å². The van der Waals surface area contributed by atoms with Crippen LogP contribution in [0.1, 0.15) is 18.4 Å². The molecular weight excluding hydrogens is 290 g/mol. The van der Waals surface area contributed by atoms with Crippen LogP contribution in [0.15, 0.2) is 22.7 Å². The predicted octanol–water partition coefficient (Wildman–Crippen LogP) is 2.44. The van der Waals surface area contributed by atoms with Gasteiger partial charge in [-0.05, 0) is 49.7 Å². The van der Waals surface area contributed by atoms with Gasteiger partial charge in [-0.2, -0.15) is 0 Å². The van der Waals surface area contributed by atoms with E-state index in [4.69, 9.17) is 5.73 Å². The van der Waals surface area contributed by atoms with E-state index in [1.165, 1.54) is 37.2 Å². The molecule has 0 bridgehead atoms. The second-order valence-electron chi connectivity index (χ2n) is 4.99. The molecule has 1 heterocycles.